The molecule has 1 saturated carbocycles. The van der Waals surface area contributed by atoms with E-state index in [9.17, 15) is 0 Å². The Morgan fingerprint density at radius 2 is 2.16 bits per heavy atom. The van der Waals surface area contributed by atoms with Gasteiger partial charge < -0.3 is 9.73 Å². The molecule has 2 nitrogen and oxygen atoms in total. The van der Waals surface area contributed by atoms with Gasteiger partial charge in [0, 0.05) is 21.1 Å². The van der Waals surface area contributed by atoms with E-state index in [1.165, 1.54) is 12.8 Å². The summed E-state index contributed by atoms with van der Waals surface area (Å²) in [6, 6.07) is 8.66. The van der Waals surface area contributed by atoms with Crippen LogP contribution in [0.3, 0.4) is 0 Å². The minimum Gasteiger partial charge on any atom is -0.460 e. The molecule has 4 heteroatoms. The van der Waals surface area contributed by atoms with E-state index in [-0.39, 0.29) is 0 Å². The lowest BCUT2D eigenvalue weighted by Gasteiger charge is -2.05. The lowest BCUT2D eigenvalue weighted by Crippen LogP contribution is -2.14. The second-order valence-corrected chi connectivity index (χ2v) is 6.26. The van der Waals surface area contributed by atoms with Gasteiger partial charge in [-0.1, -0.05) is 27.5 Å². The highest BCUT2D eigenvalue weighted by molar-refractivity contribution is 9.10. The van der Waals surface area contributed by atoms with Crippen molar-refractivity contribution in [2.24, 2.45) is 0 Å². The SMILES string of the molecule is Cc1cc(Br)c(-c2ccc(CNC3CC3)o2)cc1Cl. The molecule has 1 aromatic heterocycles. The summed E-state index contributed by atoms with van der Waals surface area (Å²) < 4.78 is 6.88. The van der Waals surface area contributed by atoms with Crippen LogP contribution >= 0.6 is 27.5 Å². The molecule has 1 heterocycles. The van der Waals surface area contributed by atoms with Crippen LogP contribution in [0, 0.1) is 6.92 Å². The molecule has 1 fully saturated rings. The van der Waals surface area contributed by atoms with Gasteiger partial charge in [0.15, 0.2) is 0 Å². The van der Waals surface area contributed by atoms with E-state index in [2.05, 4.69) is 21.2 Å². The lowest BCUT2D eigenvalue weighted by atomic mass is 10.1. The minimum atomic E-state index is 0.689. The standard InChI is InChI=1S/C15H15BrClNO/c1-9-6-13(16)12(7-14(9)17)15-5-4-11(19-15)8-18-10-2-3-10/h4-7,10,18H,2-3,8H2,1H3. The van der Waals surface area contributed by atoms with Gasteiger partial charge in [-0.15, -0.1) is 0 Å². The molecule has 0 saturated heterocycles. The van der Waals surface area contributed by atoms with Crippen molar-refractivity contribution in [3.8, 4) is 11.3 Å². The van der Waals surface area contributed by atoms with Gasteiger partial charge in [0.2, 0.25) is 0 Å². The molecule has 0 unspecified atom stereocenters. The van der Waals surface area contributed by atoms with Crippen LogP contribution in [0.15, 0.2) is 33.2 Å². The second kappa shape index (κ2) is 5.31. The van der Waals surface area contributed by atoms with Gasteiger partial charge in [-0.25, -0.2) is 0 Å². The monoisotopic (exact) mass is 339 g/mol. The number of halogens is 2. The van der Waals surface area contributed by atoms with Crippen LogP contribution in [0.5, 0.6) is 0 Å². The molecule has 0 spiro atoms. The molecule has 1 N–H and O–H groups in total. The number of benzene rings is 1. The molecule has 19 heavy (non-hydrogen) atoms. The van der Waals surface area contributed by atoms with Crippen molar-refractivity contribution in [1.82, 2.24) is 5.32 Å². The van der Waals surface area contributed by atoms with Gasteiger partial charge in [-0.05, 0) is 49.6 Å². The van der Waals surface area contributed by atoms with Crippen molar-refractivity contribution in [2.75, 3.05) is 0 Å². The molecule has 0 aliphatic heterocycles. The largest absolute Gasteiger partial charge is 0.460 e. The molecule has 0 bridgehead atoms. The third kappa shape index (κ3) is 3.04. The zero-order valence-electron chi connectivity index (χ0n) is 10.7. The van der Waals surface area contributed by atoms with E-state index in [1.807, 2.05) is 31.2 Å². The Morgan fingerprint density at radius 3 is 2.89 bits per heavy atom. The van der Waals surface area contributed by atoms with Crippen molar-refractivity contribution in [2.45, 2.75) is 32.4 Å². The van der Waals surface area contributed by atoms with Gasteiger partial charge in [-0.2, -0.15) is 0 Å². The number of hydrogen-bond acceptors (Lipinski definition) is 2. The Hall–Kier alpha value is -0.770. The average molecular weight is 341 g/mol. The molecule has 1 aliphatic rings. The summed E-state index contributed by atoms with van der Waals surface area (Å²) in [7, 11) is 0. The quantitative estimate of drug-likeness (QED) is 0.854. The molecular formula is C15H15BrClNO. The second-order valence-electron chi connectivity index (χ2n) is 5.00. The summed E-state index contributed by atoms with van der Waals surface area (Å²) in [6.07, 6.45) is 2.57. The molecule has 1 aromatic carbocycles. The fraction of sp³-hybridized carbons (Fsp3) is 0.333. The Bertz CT molecular complexity index is 604. The molecule has 0 atom stereocenters. The van der Waals surface area contributed by atoms with Gasteiger partial charge in [0.25, 0.3) is 0 Å². The minimum absolute atomic E-state index is 0.689. The van der Waals surface area contributed by atoms with Crippen LogP contribution in [-0.4, -0.2) is 6.04 Å². The fourth-order valence-electron chi connectivity index (χ4n) is 1.99. The lowest BCUT2D eigenvalue weighted by molar-refractivity contribution is 0.492. The first-order chi connectivity index (χ1) is 9.13. The van der Waals surface area contributed by atoms with Crippen LogP contribution in [0.4, 0.5) is 0 Å². The van der Waals surface area contributed by atoms with Crippen LogP contribution in [0.2, 0.25) is 5.02 Å². The first kappa shape index (κ1) is 13.2. The molecule has 100 valence electrons. The number of nitrogens with one attached hydrogen (secondary N) is 1. The summed E-state index contributed by atoms with van der Waals surface area (Å²) in [5.41, 5.74) is 2.05. The van der Waals surface area contributed by atoms with Crippen molar-refractivity contribution >= 4 is 27.5 Å². The Balaban J connectivity index is 1.83. The van der Waals surface area contributed by atoms with Crippen molar-refractivity contribution in [3.05, 3.63) is 45.1 Å². The normalized spacial score (nSPS) is 14.9. The van der Waals surface area contributed by atoms with Gasteiger partial charge in [0.1, 0.15) is 11.5 Å². The van der Waals surface area contributed by atoms with Crippen molar-refractivity contribution in [1.29, 1.82) is 0 Å². The van der Waals surface area contributed by atoms with E-state index in [1.54, 1.807) is 0 Å². The zero-order valence-corrected chi connectivity index (χ0v) is 13.0. The Labute approximate surface area is 126 Å². The van der Waals surface area contributed by atoms with E-state index < -0.39 is 0 Å². The number of aryl methyl sites for hydroxylation is 1. The summed E-state index contributed by atoms with van der Waals surface area (Å²) in [5.74, 6) is 1.81. The van der Waals surface area contributed by atoms with Gasteiger partial charge >= 0.3 is 0 Å². The fourth-order valence-corrected chi connectivity index (χ4v) is 2.80. The number of furan rings is 1. The predicted molar refractivity (Wildman–Crippen MR) is 81.5 cm³/mol. The molecular weight excluding hydrogens is 326 g/mol. The van der Waals surface area contributed by atoms with E-state index in [0.29, 0.717) is 6.04 Å². The summed E-state index contributed by atoms with van der Waals surface area (Å²) in [4.78, 5) is 0. The van der Waals surface area contributed by atoms with Crippen LogP contribution < -0.4 is 5.32 Å². The molecule has 1 aliphatic carbocycles. The predicted octanol–water partition coefficient (Wildman–Crippen LogP) is 4.92. The van der Waals surface area contributed by atoms with Gasteiger partial charge in [0.05, 0.1) is 6.54 Å². The maximum atomic E-state index is 6.18. The highest BCUT2D eigenvalue weighted by Gasteiger charge is 2.20. The van der Waals surface area contributed by atoms with Gasteiger partial charge in [-0.3, -0.25) is 0 Å². The molecule has 0 radical (unpaired) electrons. The third-order valence-electron chi connectivity index (χ3n) is 3.32. The highest BCUT2D eigenvalue weighted by Crippen LogP contribution is 2.34. The molecule has 0 amide bonds. The van der Waals surface area contributed by atoms with Crippen LogP contribution in [-0.2, 0) is 6.54 Å². The van der Waals surface area contributed by atoms with E-state index in [4.69, 9.17) is 16.0 Å². The average Bonchev–Trinajstić information content (AvgIpc) is 3.09. The number of rotatable bonds is 4. The summed E-state index contributed by atoms with van der Waals surface area (Å²) in [5, 5.41) is 4.20. The third-order valence-corrected chi connectivity index (χ3v) is 4.38. The van der Waals surface area contributed by atoms with Crippen molar-refractivity contribution in [3.63, 3.8) is 0 Å². The highest BCUT2D eigenvalue weighted by atomic mass is 79.9. The molecule has 2 aromatic rings. The maximum Gasteiger partial charge on any atom is 0.135 e. The van der Waals surface area contributed by atoms with E-state index >= 15 is 0 Å². The summed E-state index contributed by atoms with van der Waals surface area (Å²) in [6.45, 7) is 2.78. The molecule has 3 rings (SSSR count). The summed E-state index contributed by atoms with van der Waals surface area (Å²) >= 11 is 9.74. The first-order valence-electron chi connectivity index (χ1n) is 6.41. The Morgan fingerprint density at radius 1 is 1.37 bits per heavy atom. The number of hydrogen-bond donors (Lipinski definition) is 1. The Kier molecular flexibility index (Phi) is 3.70. The maximum absolute atomic E-state index is 6.18. The zero-order chi connectivity index (χ0) is 13.4. The van der Waals surface area contributed by atoms with Crippen LogP contribution in [0.25, 0.3) is 11.3 Å². The first-order valence-corrected chi connectivity index (χ1v) is 7.58. The topological polar surface area (TPSA) is 25.2 Å². The van der Waals surface area contributed by atoms with E-state index in [0.717, 1.165) is 38.7 Å². The smallest absolute Gasteiger partial charge is 0.135 e. The van der Waals surface area contributed by atoms with Crippen LogP contribution in [0.1, 0.15) is 24.2 Å². The van der Waals surface area contributed by atoms with Crippen molar-refractivity contribution < 1.29 is 4.42 Å².